The zero-order chi connectivity index (χ0) is 19.1. The fourth-order valence-corrected chi connectivity index (χ4v) is 2.76. The molecule has 0 aliphatic heterocycles. The van der Waals surface area contributed by atoms with Crippen LogP contribution < -0.4 is 10.1 Å². The number of amides is 1. The highest BCUT2D eigenvalue weighted by Gasteiger charge is 2.11. The number of hydrogen-bond acceptors (Lipinski definition) is 4. The summed E-state index contributed by atoms with van der Waals surface area (Å²) in [5.41, 5.74) is 0.968. The van der Waals surface area contributed by atoms with Crippen molar-refractivity contribution in [3.05, 3.63) is 77.3 Å². The van der Waals surface area contributed by atoms with Gasteiger partial charge in [-0.15, -0.1) is 0 Å². The van der Waals surface area contributed by atoms with E-state index in [9.17, 15) is 9.59 Å². The summed E-state index contributed by atoms with van der Waals surface area (Å²) in [7, 11) is 0. The van der Waals surface area contributed by atoms with Crippen molar-refractivity contribution in [3.63, 3.8) is 0 Å². The third kappa shape index (κ3) is 5.21. The molecule has 3 aromatic carbocycles. The first-order valence-electron chi connectivity index (χ1n) is 8.40. The van der Waals surface area contributed by atoms with Gasteiger partial charge in [0.25, 0.3) is 5.91 Å². The van der Waals surface area contributed by atoms with E-state index >= 15 is 0 Å². The van der Waals surface area contributed by atoms with E-state index in [0.717, 1.165) is 16.3 Å². The minimum Gasteiger partial charge on any atom is -0.481 e. The van der Waals surface area contributed by atoms with Crippen LogP contribution in [0.1, 0.15) is 5.56 Å². The Labute approximate surface area is 161 Å². The average Bonchev–Trinajstić information content (AvgIpc) is 2.71. The Bertz CT molecular complexity index is 943. The van der Waals surface area contributed by atoms with Gasteiger partial charge in [0.1, 0.15) is 5.75 Å². The van der Waals surface area contributed by atoms with Crippen LogP contribution in [0.15, 0.2) is 66.7 Å². The smallest absolute Gasteiger partial charge is 0.344 e. The van der Waals surface area contributed by atoms with Gasteiger partial charge in [-0.2, -0.15) is 0 Å². The summed E-state index contributed by atoms with van der Waals surface area (Å²) in [4.78, 5) is 23.6. The second-order valence-electron chi connectivity index (χ2n) is 5.80. The number of fused-ring (bicyclic) bond motifs is 1. The first-order valence-corrected chi connectivity index (χ1v) is 8.77. The predicted octanol–water partition coefficient (Wildman–Crippen LogP) is 3.73. The lowest BCUT2D eigenvalue weighted by Crippen LogP contribution is -2.29. The van der Waals surface area contributed by atoms with Gasteiger partial charge in [-0.05, 0) is 17.7 Å². The Morgan fingerprint density at radius 1 is 0.852 bits per heavy atom. The van der Waals surface area contributed by atoms with Crippen molar-refractivity contribution in [2.75, 3.05) is 13.2 Å². The molecule has 1 amide bonds. The third-order valence-corrected chi connectivity index (χ3v) is 4.20. The number of nitrogens with one attached hydrogen (secondary N) is 1. The van der Waals surface area contributed by atoms with E-state index in [0.29, 0.717) is 17.3 Å². The highest BCUT2D eigenvalue weighted by atomic mass is 35.5. The van der Waals surface area contributed by atoms with Crippen molar-refractivity contribution in [2.24, 2.45) is 0 Å². The third-order valence-electron chi connectivity index (χ3n) is 3.87. The van der Waals surface area contributed by atoms with Crippen LogP contribution >= 0.6 is 11.6 Å². The molecule has 0 atom stereocenters. The number of carbonyl (C=O) groups excluding carboxylic acids is 2. The summed E-state index contributed by atoms with van der Waals surface area (Å²) in [6.07, 6.45) is 0. The largest absolute Gasteiger partial charge is 0.481 e. The van der Waals surface area contributed by atoms with Gasteiger partial charge in [0.05, 0.1) is 0 Å². The molecule has 3 rings (SSSR count). The predicted molar refractivity (Wildman–Crippen MR) is 104 cm³/mol. The average molecular weight is 384 g/mol. The summed E-state index contributed by atoms with van der Waals surface area (Å²) in [6.45, 7) is -0.265. The number of esters is 1. The molecule has 0 radical (unpaired) electrons. The highest BCUT2D eigenvalue weighted by molar-refractivity contribution is 6.35. The molecular formula is C21H18ClNO4. The molecule has 0 unspecified atom stereocenters. The zero-order valence-corrected chi connectivity index (χ0v) is 15.2. The van der Waals surface area contributed by atoms with Gasteiger partial charge < -0.3 is 14.8 Å². The molecule has 6 heteroatoms. The van der Waals surface area contributed by atoms with Gasteiger partial charge in [0.2, 0.25) is 0 Å². The fourth-order valence-electron chi connectivity index (χ4n) is 2.53. The molecule has 5 nitrogen and oxygen atoms in total. The van der Waals surface area contributed by atoms with Crippen molar-refractivity contribution in [2.45, 2.75) is 6.54 Å². The molecule has 3 aromatic rings. The second kappa shape index (κ2) is 9.05. The van der Waals surface area contributed by atoms with Gasteiger partial charge in [-0.3, -0.25) is 4.79 Å². The number of benzene rings is 3. The molecule has 1 N–H and O–H groups in total. The lowest BCUT2D eigenvalue weighted by molar-refractivity contribution is -0.150. The molecule has 0 spiro atoms. The van der Waals surface area contributed by atoms with Crippen molar-refractivity contribution >= 4 is 34.2 Å². The van der Waals surface area contributed by atoms with E-state index in [1.807, 2.05) is 54.6 Å². The number of ether oxygens (including phenoxy) is 2. The standard InChI is InChI=1S/C21H18ClNO4/c22-18-10-11-19(17-9-5-4-8-16(17)18)26-14-21(25)27-13-20(24)23-12-15-6-2-1-3-7-15/h1-11H,12-14H2,(H,23,24). The van der Waals surface area contributed by atoms with Gasteiger partial charge in [0, 0.05) is 22.3 Å². The van der Waals surface area contributed by atoms with Gasteiger partial charge in [-0.1, -0.05) is 66.2 Å². The van der Waals surface area contributed by atoms with Crippen LogP contribution in [-0.4, -0.2) is 25.1 Å². The summed E-state index contributed by atoms with van der Waals surface area (Å²) >= 11 is 6.16. The topological polar surface area (TPSA) is 64.6 Å². The van der Waals surface area contributed by atoms with E-state index in [2.05, 4.69) is 5.32 Å². The Morgan fingerprint density at radius 3 is 2.33 bits per heavy atom. The van der Waals surface area contributed by atoms with Crippen LogP contribution in [0.4, 0.5) is 0 Å². The van der Waals surface area contributed by atoms with Gasteiger partial charge in [0.15, 0.2) is 13.2 Å². The van der Waals surface area contributed by atoms with Crippen molar-refractivity contribution in [3.8, 4) is 5.75 Å². The fraction of sp³-hybridized carbons (Fsp3) is 0.143. The minimum atomic E-state index is -0.621. The van der Waals surface area contributed by atoms with Crippen LogP contribution in [0.3, 0.4) is 0 Å². The maximum atomic E-state index is 11.8. The maximum Gasteiger partial charge on any atom is 0.344 e. The van der Waals surface area contributed by atoms with Crippen molar-refractivity contribution in [1.29, 1.82) is 0 Å². The first-order chi connectivity index (χ1) is 13.1. The first kappa shape index (κ1) is 18.7. The normalized spacial score (nSPS) is 10.4. The van der Waals surface area contributed by atoms with Crippen molar-refractivity contribution < 1.29 is 19.1 Å². The van der Waals surface area contributed by atoms with Gasteiger partial charge in [-0.25, -0.2) is 4.79 Å². The summed E-state index contributed by atoms with van der Waals surface area (Å²) in [6, 6.07) is 20.4. The van der Waals surface area contributed by atoms with Crippen LogP contribution in [0.25, 0.3) is 10.8 Å². The van der Waals surface area contributed by atoms with E-state index in [4.69, 9.17) is 21.1 Å². The van der Waals surface area contributed by atoms with Crippen LogP contribution in [0.5, 0.6) is 5.75 Å². The van der Waals surface area contributed by atoms with Crippen LogP contribution in [0, 0.1) is 0 Å². The lowest BCUT2D eigenvalue weighted by atomic mass is 10.1. The Kier molecular flexibility index (Phi) is 6.28. The molecule has 0 saturated heterocycles. The highest BCUT2D eigenvalue weighted by Crippen LogP contribution is 2.31. The molecular weight excluding hydrogens is 366 g/mol. The summed E-state index contributed by atoms with van der Waals surface area (Å²) in [5.74, 6) is -0.464. The Hall–Kier alpha value is -3.05. The summed E-state index contributed by atoms with van der Waals surface area (Å²) in [5, 5.41) is 4.94. The molecule has 0 bridgehead atoms. The molecule has 27 heavy (non-hydrogen) atoms. The van der Waals surface area contributed by atoms with Crippen molar-refractivity contribution in [1.82, 2.24) is 5.32 Å². The maximum absolute atomic E-state index is 11.8. The molecule has 0 aliphatic carbocycles. The lowest BCUT2D eigenvalue weighted by Gasteiger charge is -2.10. The second-order valence-corrected chi connectivity index (χ2v) is 6.21. The number of hydrogen-bond donors (Lipinski definition) is 1. The summed E-state index contributed by atoms with van der Waals surface area (Å²) < 4.78 is 10.5. The molecule has 0 aliphatic rings. The van der Waals surface area contributed by atoms with E-state index < -0.39 is 5.97 Å². The molecule has 0 fully saturated rings. The van der Waals surface area contributed by atoms with E-state index in [1.165, 1.54) is 0 Å². The van der Waals surface area contributed by atoms with E-state index in [-0.39, 0.29) is 19.1 Å². The van der Waals surface area contributed by atoms with Crippen LogP contribution in [-0.2, 0) is 20.9 Å². The van der Waals surface area contributed by atoms with Gasteiger partial charge >= 0.3 is 5.97 Å². The monoisotopic (exact) mass is 383 g/mol. The number of halogens is 1. The van der Waals surface area contributed by atoms with E-state index in [1.54, 1.807) is 12.1 Å². The number of rotatable bonds is 7. The number of carbonyl (C=O) groups is 2. The molecule has 0 heterocycles. The quantitative estimate of drug-likeness (QED) is 0.631. The molecule has 0 saturated carbocycles. The SMILES string of the molecule is O=C(COC(=O)COc1ccc(Cl)c2ccccc12)NCc1ccccc1. The van der Waals surface area contributed by atoms with Crippen LogP contribution in [0.2, 0.25) is 5.02 Å². The molecule has 0 aromatic heterocycles. The Morgan fingerprint density at radius 2 is 1.56 bits per heavy atom. The Balaban J connectivity index is 1.46. The zero-order valence-electron chi connectivity index (χ0n) is 14.5. The minimum absolute atomic E-state index is 0.294. The molecule has 138 valence electrons.